The second-order valence-electron chi connectivity index (χ2n) is 6.55. The topological polar surface area (TPSA) is 84.5 Å². The minimum Gasteiger partial charge on any atom is -0.493 e. The zero-order chi connectivity index (χ0) is 22.2. The number of halogens is 1. The summed E-state index contributed by atoms with van der Waals surface area (Å²) in [5, 5.41) is 12.1. The van der Waals surface area contributed by atoms with Gasteiger partial charge in [-0.25, -0.2) is 4.39 Å². The van der Waals surface area contributed by atoms with Gasteiger partial charge in [-0.15, -0.1) is 0 Å². The number of methoxy groups -OCH3 is 2. The Hall–Kier alpha value is -4.05. The fourth-order valence-electron chi connectivity index (χ4n) is 2.98. The van der Waals surface area contributed by atoms with Crippen LogP contribution in [0.2, 0.25) is 0 Å². The van der Waals surface area contributed by atoms with Crippen LogP contribution in [0.15, 0.2) is 64.6 Å². The number of amides is 1. The maximum atomic E-state index is 13.9. The summed E-state index contributed by atoms with van der Waals surface area (Å²) in [5.41, 5.74) is 1.14. The Labute approximate surface area is 179 Å². The van der Waals surface area contributed by atoms with Crippen molar-refractivity contribution in [3.05, 3.63) is 77.3 Å². The predicted octanol–water partition coefficient (Wildman–Crippen LogP) is 4.37. The molecule has 3 rings (SSSR count). The van der Waals surface area contributed by atoms with Gasteiger partial charge in [-0.3, -0.25) is 4.79 Å². The van der Waals surface area contributed by atoms with Gasteiger partial charge in [-0.1, -0.05) is 18.2 Å². The standard InChI is InChI=1S/C24H21FN2O4/c1-29-22-9-7-16(13-23(22)30-2)11-12-27-24(28)17(15-26)14-18-8-10-21(31-18)19-5-3-4-6-20(19)25/h3-10,13-14H,11-12H2,1-2H3,(H,27,28)/b17-14+. The van der Waals surface area contributed by atoms with Gasteiger partial charge in [0, 0.05) is 12.6 Å². The highest BCUT2D eigenvalue weighted by Gasteiger charge is 2.12. The molecule has 1 N–H and O–H groups in total. The maximum Gasteiger partial charge on any atom is 0.262 e. The number of nitrogens with zero attached hydrogens (tertiary/aromatic N) is 1. The Morgan fingerprint density at radius 3 is 2.61 bits per heavy atom. The van der Waals surface area contributed by atoms with E-state index in [0.717, 1.165) is 5.56 Å². The molecule has 0 spiro atoms. The van der Waals surface area contributed by atoms with Gasteiger partial charge in [-0.05, 0) is 48.4 Å². The van der Waals surface area contributed by atoms with E-state index in [-0.39, 0.29) is 11.3 Å². The first-order chi connectivity index (χ1) is 15.0. The van der Waals surface area contributed by atoms with Crippen LogP contribution in [0.4, 0.5) is 4.39 Å². The van der Waals surface area contributed by atoms with Gasteiger partial charge in [0.2, 0.25) is 0 Å². The third kappa shape index (κ3) is 5.31. The smallest absolute Gasteiger partial charge is 0.262 e. The quantitative estimate of drug-likeness (QED) is 0.432. The summed E-state index contributed by atoms with van der Waals surface area (Å²) in [7, 11) is 3.12. The zero-order valence-electron chi connectivity index (χ0n) is 17.1. The lowest BCUT2D eigenvalue weighted by atomic mass is 10.1. The average Bonchev–Trinajstić information content (AvgIpc) is 3.25. The number of hydrogen-bond donors (Lipinski definition) is 1. The molecule has 0 bridgehead atoms. The minimum atomic E-state index is -0.521. The third-order valence-electron chi connectivity index (χ3n) is 4.56. The van der Waals surface area contributed by atoms with Crippen LogP contribution in [0.1, 0.15) is 11.3 Å². The van der Waals surface area contributed by atoms with Crippen molar-refractivity contribution in [2.75, 3.05) is 20.8 Å². The van der Waals surface area contributed by atoms with E-state index in [1.54, 1.807) is 50.6 Å². The number of rotatable bonds is 8. The number of nitrogens with one attached hydrogen (secondary N) is 1. The largest absolute Gasteiger partial charge is 0.493 e. The molecule has 0 aliphatic rings. The van der Waals surface area contributed by atoms with Crippen LogP contribution < -0.4 is 14.8 Å². The number of carbonyl (C=O) groups excluding carboxylic acids is 1. The molecule has 1 heterocycles. The van der Waals surface area contributed by atoms with Crippen LogP contribution in [0.5, 0.6) is 11.5 Å². The van der Waals surface area contributed by atoms with Crippen molar-refractivity contribution in [1.82, 2.24) is 5.32 Å². The van der Waals surface area contributed by atoms with Crippen molar-refractivity contribution in [3.63, 3.8) is 0 Å². The Bertz CT molecular complexity index is 1140. The molecule has 0 radical (unpaired) electrons. The molecule has 0 fully saturated rings. The fraction of sp³-hybridized carbons (Fsp3) is 0.167. The zero-order valence-corrected chi connectivity index (χ0v) is 17.1. The molecular weight excluding hydrogens is 399 g/mol. The van der Waals surface area contributed by atoms with E-state index in [4.69, 9.17) is 13.9 Å². The van der Waals surface area contributed by atoms with E-state index in [2.05, 4.69) is 5.32 Å². The summed E-state index contributed by atoms with van der Waals surface area (Å²) in [6, 6.07) is 16.8. The van der Waals surface area contributed by atoms with Gasteiger partial charge in [0.25, 0.3) is 5.91 Å². The summed E-state index contributed by atoms with van der Waals surface area (Å²) >= 11 is 0. The van der Waals surface area contributed by atoms with Crippen molar-refractivity contribution >= 4 is 12.0 Å². The third-order valence-corrected chi connectivity index (χ3v) is 4.56. The lowest BCUT2D eigenvalue weighted by Crippen LogP contribution is -2.26. The van der Waals surface area contributed by atoms with Crippen molar-refractivity contribution in [1.29, 1.82) is 5.26 Å². The Morgan fingerprint density at radius 2 is 1.90 bits per heavy atom. The van der Waals surface area contributed by atoms with Crippen molar-refractivity contribution in [2.24, 2.45) is 0 Å². The van der Waals surface area contributed by atoms with Crippen LogP contribution >= 0.6 is 0 Å². The molecule has 0 saturated carbocycles. The molecule has 0 atom stereocenters. The van der Waals surface area contributed by atoms with Gasteiger partial charge >= 0.3 is 0 Å². The van der Waals surface area contributed by atoms with Gasteiger partial charge in [0.05, 0.1) is 19.8 Å². The molecule has 1 amide bonds. The lowest BCUT2D eigenvalue weighted by Gasteiger charge is -2.10. The van der Waals surface area contributed by atoms with Crippen LogP contribution in [-0.2, 0) is 11.2 Å². The van der Waals surface area contributed by atoms with E-state index in [9.17, 15) is 14.4 Å². The fourth-order valence-corrected chi connectivity index (χ4v) is 2.98. The molecular formula is C24H21FN2O4. The van der Waals surface area contributed by atoms with Gasteiger partial charge in [-0.2, -0.15) is 5.26 Å². The van der Waals surface area contributed by atoms with Crippen molar-refractivity contribution in [2.45, 2.75) is 6.42 Å². The molecule has 0 aliphatic carbocycles. The van der Waals surface area contributed by atoms with Crippen molar-refractivity contribution < 1.29 is 23.1 Å². The molecule has 1 aromatic heterocycles. The van der Waals surface area contributed by atoms with Crippen molar-refractivity contribution in [3.8, 4) is 28.9 Å². The first-order valence-electron chi connectivity index (χ1n) is 9.51. The van der Waals surface area contributed by atoms with Crippen LogP contribution in [0, 0.1) is 17.1 Å². The molecule has 0 unspecified atom stereocenters. The molecule has 158 valence electrons. The normalized spacial score (nSPS) is 11.0. The number of nitriles is 1. The molecule has 2 aromatic carbocycles. The molecule has 6 nitrogen and oxygen atoms in total. The highest BCUT2D eigenvalue weighted by molar-refractivity contribution is 6.01. The second-order valence-corrected chi connectivity index (χ2v) is 6.55. The number of carbonyl (C=O) groups is 1. The number of furan rings is 1. The van der Waals surface area contributed by atoms with E-state index in [1.165, 1.54) is 12.1 Å². The summed E-state index contributed by atoms with van der Waals surface area (Å²) < 4.78 is 30.0. The van der Waals surface area contributed by atoms with E-state index in [0.29, 0.717) is 35.8 Å². The van der Waals surface area contributed by atoms with E-state index >= 15 is 0 Å². The molecule has 7 heteroatoms. The predicted molar refractivity (Wildman–Crippen MR) is 114 cm³/mol. The Kier molecular flexibility index (Phi) is 7.07. The van der Waals surface area contributed by atoms with Crippen LogP contribution in [0.3, 0.4) is 0 Å². The van der Waals surface area contributed by atoms with Crippen LogP contribution in [0.25, 0.3) is 17.4 Å². The average molecular weight is 420 g/mol. The molecule has 0 aliphatic heterocycles. The first-order valence-corrected chi connectivity index (χ1v) is 9.51. The Balaban J connectivity index is 1.64. The van der Waals surface area contributed by atoms with Gasteiger partial charge < -0.3 is 19.2 Å². The van der Waals surface area contributed by atoms with E-state index in [1.807, 2.05) is 18.2 Å². The minimum absolute atomic E-state index is 0.109. The SMILES string of the molecule is COc1ccc(CCNC(=O)/C(C#N)=C/c2ccc(-c3ccccc3F)o2)cc1OC. The Morgan fingerprint density at radius 1 is 1.13 bits per heavy atom. The summed E-state index contributed by atoms with van der Waals surface area (Å²) in [6.07, 6.45) is 1.87. The van der Waals surface area contributed by atoms with Gasteiger partial charge in [0.15, 0.2) is 11.5 Å². The molecule has 0 saturated heterocycles. The first kappa shape index (κ1) is 21.7. The number of ether oxygens (including phenoxy) is 2. The van der Waals surface area contributed by atoms with E-state index < -0.39 is 11.7 Å². The number of hydrogen-bond acceptors (Lipinski definition) is 5. The number of benzene rings is 2. The molecule has 31 heavy (non-hydrogen) atoms. The maximum absolute atomic E-state index is 13.9. The molecule has 3 aromatic rings. The van der Waals surface area contributed by atoms with Gasteiger partial charge in [0.1, 0.15) is 29.0 Å². The summed E-state index contributed by atoms with van der Waals surface area (Å²) in [6.45, 7) is 0.325. The summed E-state index contributed by atoms with van der Waals surface area (Å²) in [5.74, 6) is 0.888. The highest BCUT2D eigenvalue weighted by Crippen LogP contribution is 2.28. The monoisotopic (exact) mass is 420 g/mol. The highest BCUT2D eigenvalue weighted by atomic mass is 19.1. The lowest BCUT2D eigenvalue weighted by molar-refractivity contribution is -0.117. The summed E-state index contributed by atoms with van der Waals surface area (Å²) in [4.78, 5) is 12.4. The van der Waals surface area contributed by atoms with Crippen LogP contribution in [-0.4, -0.2) is 26.7 Å². The second kappa shape index (κ2) is 10.1.